The third kappa shape index (κ3) is 3.03. The summed E-state index contributed by atoms with van der Waals surface area (Å²) in [5.41, 5.74) is 1.90. The van der Waals surface area contributed by atoms with E-state index in [0.29, 0.717) is 18.9 Å². The number of pyridine rings is 1. The first-order chi connectivity index (χ1) is 7.74. The Balaban J connectivity index is 1.75. The first-order valence-corrected chi connectivity index (χ1v) is 5.64. The number of aryl methyl sites for hydroxylation is 1. The summed E-state index contributed by atoms with van der Waals surface area (Å²) in [6.07, 6.45) is 0.624. The fraction of sp³-hybridized carbons (Fsp3) is 0.500. The van der Waals surface area contributed by atoms with E-state index in [1.54, 1.807) is 0 Å². The van der Waals surface area contributed by atoms with Crippen LogP contribution in [0, 0.1) is 12.8 Å². The number of amides is 1. The molecule has 0 spiro atoms. The number of hydrogen-bond donors (Lipinski definition) is 2. The zero-order valence-electron chi connectivity index (χ0n) is 9.49. The monoisotopic (exact) mass is 219 g/mol. The molecule has 1 aliphatic heterocycles. The van der Waals surface area contributed by atoms with E-state index >= 15 is 0 Å². The number of carbonyl (C=O) groups excluding carboxylic acids is 1. The van der Waals surface area contributed by atoms with Gasteiger partial charge in [-0.25, -0.2) is 0 Å². The Labute approximate surface area is 95.5 Å². The molecule has 1 aliphatic rings. The molecule has 1 aromatic heterocycles. The van der Waals surface area contributed by atoms with Crippen molar-refractivity contribution in [1.82, 2.24) is 15.6 Å². The van der Waals surface area contributed by atoms with Crippen molar-refractivity contribution in [3.63, 3.8) is 0 Å². The van der Waals surface area contributed by atoms with Crippen LogP contribution in [0.3, 0.4) is 0 Å². The van der Waals surface area contributed by atoms with E-state index in [1.807, 2.05) is 25.1 Å². The average Bonchev–Trinajstić information content (AvgIpc) is 2.21. The van der Waals surface area contributed by atoms with Crippen LogP contribution in [-0.2, 0) is 11.3 Å². The second-order valence-corrected chi connectivity index (χ2v) is 4.28. The summed E-state index contributed by atoms with van der Waals surface area (Å²) in [6.45, 7) is 4.41. The molecule has 0 unspecified atom stereocenters. The molecule has 0 saturated carbocycles. The lowest BCUT2D eigenvalue weighted by atomic mass is 9.99. The standard InChI is InChI=1S/C12H17N3O/c1-9-3-2-4-11(15-9)8-14-12(16)5-10-6-13-7-10/h2-4,10,13H,5-8H2,1H3,(H,14,16). The Hall–Kier alpha value is -1.42. The van der Waals surface area contributed by atoms with Gasteiger partial charge >= 0.3 is 0 Å². The van der Waals surface area contributed by atoms with Crippen molar-refractivity contribution in [1.29, 1.82) is 0 Å². The maximum atomic E-state index is 11.5. The third-order valence-electron chi connectivity index (χ3n) is 2.75. The van der Waals surface area contributed by atoms with Crippen LogP contribution in [0.2, 0.25) is 0 Å². The quantitative estimate of drug-likeness (QED) is 0.780. The van der Waals surface area contributed by atoms with Gasteiger partial charge in [-0.15, -0.1) is 0 Å². The Morgan fingerprint density at radius 2 is 2.38 bits per heavy atom. The van der Waals surface area contributed by atoms with Gasteiger partial charge in [0.25, 0.3) is 0 Å². The third-order valence-corrected chi connectivity index (χ3v) is 2.75. The fourth-order valence-electron chi connectivity index (χ4n) is 1.71. The van der Waals surface area contributed by atoms with Crippen molar-refractivity contribution in [2.75, 3.05) is 13.1 Å². The number of nitrogens with zero attached hydrogens (tertiary/aromatic N) is 1. The van der Waals surface area contributed by atoms with Gasteiger partial charge in [0, 0.05) is 12.1 Å². The molecule has 2 rings (SSSR count). The molecule has 0 aliphatic carbocycles. The van der Waals surface area contributed by atoms with Crippen LogP contribution in [0.15, 0.2) is 18.2 Å². The van der Waals surface area contributed by atoms with E-state index in [-0.39, 0.29) is 5.91 Å². The van der Waals surface area contributed by atoms with E-state index in [1.165, 1.54) is 0 Å². The molecule has 0 aromatic carbocycles. The highest BCUT2D eigenvalue weighted by Gasteiger charge is 2.19. The minimum atomic E-state index is 0.120. The van der Waals surface area contributed by atoms with Crippen LogP contribution in [0.25, 0.3) is 0 Å². The Morgan fingerprint density at radius 3 is 3.00 bits per heavy atom. The molecule has 2 heterocycles. The SMILES string of the molecule is Cc1cccc(CNC(=O)CC2CNC2)n1. The molecule has 0 atom stereocenters. The van der Waals surface area contributed by atoms with Crippen molar-refractivity contribution < 1.29 is 4.79 Å². The van der Waals surface area contributed by atoms with Gasteiger partial charge in [0.15, 0.2) is 0 Å². The molecule has 1 fully saturated rings. The van der Waals surface area contributed by atoms with Crippen LogP contribution >= 0.6 is 0 Å². The highest BCUT2D eigenvalue weighted by molar-refractivity contribution is 5.76. The highest BCUT2D eigenvalue weighted by atomic mass is 16.1. The second kappa shape index (κ2) is 5.07. The molecule has 2 N–H and O–H groups in total. The molecular formula is C12H17N3O. The average molecular weight is 219 g/mol. The molecule has 1 amide bonds. The summed E-state index contributed by atoms with van der Waals surface area (Å²) in [4.78, 5) is 15.9. The lowest BCUT2D eigenvalue weighted by Gasteiger charge is -2.26. The van der Waals surface area contributed by atoms with Crippen molar-refractivity contribution in [3.05, 3.63) is 29.6 Å². The van der Waals surface area contributed by atoms with Gasteiger partial charge in [-0.3, -0.25) is 9.78 Å². The van der Waals surface area contributed by atoms with Gasteiger partial charge in [-0.1, -0.05) is 6.07 Å². The topological polar surface area (TPSA) is 54.0 Å². The van der Waals surface area contributed by atoms with Gasteiger partial charge in [0.1, 0.15) is 0 Å². The van der Waals surface area contributed by atoms with Gasteiger partial charge in [0.2, 0.25) is 5.91 Å². The largest absolute Gasteiger partial charge is 0.350 e. The predicted molar refractivity (Wildman–Crippen MR) is 61.8 cm³/mol. The number of nitrogens with one attached hydrogen (secondary N) is 2. The molecule has 4 heteroatoms. The second-order valence-electron chi connectivity index (χ2n) is 4.28. The van der Waals surface area contributed by atoms with Crippen molar-refractivity contribution in [2.45, 2.75) is 19.9 Å². The lowest BCUT2D eigenvalue weighted by Crippen LogP contribution is -2.44. The van der Waals surface area contributed by atoms with Crippen molar-refractivity contribution in [2.24, 2.45) is 5.92 Å². The molecular weight excluding hydrogens is 202 g/mol. The summed E-state index contributed by atoms with van der Waals surface area (Å²) in [5.74, 6) is 0.639. The zero-order valence-corrected chi connectivity index (χ0v) is 9.49. The van der Waals surface area contributed by atoms with Crippen LogP contribution in [0.1, 0.15) is 17.8 Å². The van der Waals surface area contributed by atoms with Crippen LogP contribution < -0.4 is 10.6 Å². The van der Waals surface area contributed by atoms with Gasteiger partial charge in [-0.2, -0.15) is 0 Å². The lowest BCUT2D eigenvalue weighted by molar-refractivity contribution is -0.122. The first kappa shape index (κ1) is 11.1. The molecule has 0 radical (unpaired) electrons. The maximum absolute atomic E-state index is 11.5. The van der Waals surface area contributed by atoms with Crippen LogP contribution in [0.4, 0.5) is 0 Å². The van der Waals surface area contributed by atoms with Gasteiger partial charge in [-0.05, 0) is 38.1 Å². The van der Waals surface area contributed by atoms with E-state index in [4.69, 9.17) is 0 Å². The summed E-state index contributed by atoms with van der Waals surface area (Å²) < 4.78 is 0. The minimum Gasteiger partial charge on any atom is -0.350 e. The summed E-state index contributed by atoms with van der Waals surface area (Å²) >= 11 is 0. The van der Waals surface area contributed by atoms with Gasteiger partial charge < -0.3 is 10.6 Å². The normalized spacial score (nSPS) is 15.6. The van der Waals surface area contributed by atoms with Crippen molar-refractivity contribution >= 4 is 5.91 Å². The number of rotatable bonds is 4. The number of hydrogen-bond acceptors (Lipinski definition) is 3. The number of carbonyl (C=O) groups is 1. The molecule has 86 valence electrons. The first-order valence-electron chi connectivity index (χ1n) is 5.64. The van der Waals surface area contributed by atoms with Crippen molar-refractivity contribution in [3.8, 4) is 0 Å². The zero-order chi connectivity index (χ0) is 11.4. The summed E-state index contributed by atoms with van der Waals surface area (Å²) in [5, 5.41) is 6.05. The van der Waals surface area contributed by atoms with E-state index in [9.17, 15) is 4.79 Å². The highest BCUT2D eigenvalue weighted by Crippen LogP contribution is 2.07. The summed E-state index contributed by atoms with van der Waals surface area (Å²) in [7, 11) is 0. The predicted octanol–water partition coefficient (Wildman–Crippen LogP) is 0.616. The van der Waals surface area contributed by atoms with E-state index in [2.05, 4.69) is 15.6 Å². The van der Waals surface area contributed by atoms with Gasteiger partial charge in [0.05, 0.1) is 12.2 Å². The minimum absolute atomic E-state index is 0.120. The molecule has 1 aromatic rings. The molecule has 4 nitrogen and oxygen atoms in total. The summed E-state index contributed by atoms with van der Waals surface area (Å²) in [6, 6.07) is 5.84. The fourth-order valence-corrected chi connectivity index (χ4v) is 1.71. The van der Waals surface area contributed by atoms with E-state index in [0.717, 1.165) is 24.5 Å². The smallest absolute Gasteiger partial charge is 0.220 e. The maximum Gasteiger partial charge on any atom is 0.220 e. The molecule has 1 saturated heterocycles. The Kier molecular flexibility index (Phi) is 3.51. The van der Waals surface area contributed by atoms with E-state index < -0.39 is 0 Å². The van der Waals surface area contributed by atoms with Crippen LogP contribution in [0.5, 0.6) is 0 Å². The Morgan fingerprint density at radius 1 is 1.56 bits per heavy atom. The molecule has 0 bridgehead atoms. The Bertz CT molecular complexity index is 374. The van der Waals surface area contributed by atoms with Crippen LogP contribution in [-0.4, -0.2) is 24.0 Å². The molecule has 16 heavy (non-hydrogen) atoms. The number of aromatic nitrogens is 1.